The molecule has 0 bridgehead atoms. The van der Waals surface area contributed by atoms with Crippen molar-refractivity contribution in [1.29, 1.82) is 0 Å². The number of amides is 1. The molecular formula is C20H21N3O5. The highest BCUT2D eigenvalue weighted by atomic mass is 16.6. The molecule has 146 valence electrons. The first-order chi connectivity index (χ1) is 13.4. The topological polar surface area (TPSA) is 102 Å². The van der Waals surface area contributed by atoms with E-state index >= 15 is 0 Å². The highest BCUT2D eigenvalue weighted by Gasteiger charge is 2.32. The van der Waals surface area contributed by atoms with Gasteiger partial charge in [-0.3, -0.25) is 14.9 Å². The van der Waals surface area contributed by atoms with Gasteiger partial charge in [-0.2, -0.15) is 0 Å². The van der Waals surface area contributed by atoms with Crippen LogP contribution in [0, 0.1) is 10.1 Å². The Morgan fingerprint density at radius 1 is 1.18 bits per heavy atom. The van der Waals surface area contributed by atoms with Crippen molar-refractivity contribution in [3.63, 3.8) is 0 Å². The van der Waals surface area contributed by atoms with Crippen LogP contribution in [0.25, 0.3) is 0 Å². The van der Waals surface area contributed by atoms with Gasteiger partial charge in [-0.1, -0.05) is 30.3 Å². The van der Waals surface area contributed by atoms with E-state index in [1.807, 2.05) is 0 Å². The lowest BCUT2D eigenvalue weighted by Crippen LogP contribution is -2.33. The van der Waals surface area contributed by atoms with Crippen LogP contribution in [0.15, 0.2) is 48.5 Å². The first-order valence-electron chi connectivity index (χ1n) is 8.89. The molecule has 1 fully saturated rings. The zero-order valence-electron chi connectivity index (χ0n) is 15.6. The molecule has 0 spiro atoms. The maximum Gasteiger partial charge on any atom is 0.341 e. The second-order valence-electron chi connectivity index (χ2n) is 6.83. The van der Waals surface area contributed by atoms with E-state index in [9.17, 15) is 19.7 Å². The Labute approximate surface area is 162 Å². The van der Waals surface area contributed by atoms with Gasteiger partial charge >= 0.3 is 5.97 Å². The zero-order valence-corrected chi connectivity index (χ0v) is 15.6. The van der Waals surface area contributed by atoms with Gasteiger partial charge in [0.05, 0.1) is 16.2 Å². The highest BCUT2D eigenvalue weighted by Crippen LogP contribution is 2.28. The number of ether oxygens (including phenoxy) is 1. The van der Waals surface area contributed by atoms with Crippen molar-refractivity contribution in [3.8, 4) is 0 Å². The molecule has 0 heterocycles. The van der Waals surface area contributed by atoms with Crippen molar-refractivity contribution in [3.05, 3.63) is 69.8 Å². The van der Waals surface area contributed by atoms with E-state index in [0.29, 0.717) is 11.3 Å². The third kappa shape index (κ3) is 4.46. The summed E-state index contributed by atoms with van der Waals surface area (Å²) in [7, 11) is 3.43. The number of benzene rings is 2. The summed E-state index contributed by atoms with van der Waals surface area (Å²) in [4.78, 5) is 37.7. The number of rotatable bonds is 7. The van der Waals surface area contributed by atoms with Crippen molar-refractivity contribution < 1.29 is 19.2 Å². The van der Waals surface area contributed by atoms with E-state index in [1.54, 1.807) is 49.3 Å². The molecule has 2 aromatic rings. The van der Waals surface area contributed by atoms with E-state index < -0.39 is 22.9 Å². The fourth-order valence-electron chi connectivity index (χ4n) is 2.77. The largest absolute Gasteiger partial charge is 0.444 e. The van der Waals surface area contributed by atoms with E-state index in [0.717, 1.165) is 12.8 Å². The molecule has 0 saturated heterocycles. The molecule has 3 rings (SSSR count). The van der Waals surface area contributed by atoms with E-state index in [-0.39, 0.29) is 17.3 Å². The lowest BCUT2D eigenvalue weighted by molar-refractivity contribution is -0.384. The highest BCUT2D eigenvalue weighted by molar-refractivity contribution is 5.98. The number of esters is 1. The first kappa shape index (κ1) is 19.3. The molecule has 0 aliphatic heterocycles. The Balaban J connectivity index is 1.92. The lowest BCUT2D eigenvalue weighted by Gasteiger charge is -2.20. The lowest BCUT2D eigenvalue weighted by atomic mass is 10.1. The summed E-state index contributed by atoms with van der Waals surface area (Å²) in [5.41, 5.74) is 0.798. The van der Waals surface area contributed by atoms with Crippen molar-refractivity contribution in [2.45, 2.75) is 25.0 Å². The molecule has 8 heteroatoms. The monoisotopic (exact) mass is 383 g/mol. The number of anilines is 1. The maximum atomic E-state index is 12.9. The molecule has 0 aromatic heterocycles. The maximum absolute atomic E-state index is 12.9. The third-order valence-corrected chi connectivity index (χ3v) is 4.38. The van der Waals surface area contributed by atoms with Crippen molar-refractivity contribution >= 4 is 23.3 Å². The minimum Gasteiger partial charge on any atom is -0.444 e. The Morgan fingerprint density at radius 2 is 1.86 bits per heavy atom. The number of hydrogen-bond acceptors (Lipinski definition) is 6. The Kier molecular flexibility index (Phi) is 5.58. The number of nitro groups is 1. The van der Waals surface area contributed by atoms with E-state index in [1.165, 1.54) is 18.2 Å². The van der Waals surface area contributed by atoms with E-state index in [2.05, 4.69) is 5.32 Å². The predicted molar refractivity (Wildman–Crippen MR) is 103 cm³/mol. The molecule has 0 radical (unpaired) electrons. The van der Waals surface area contributed by atoms with Gasteiger partial charge in [-0.05, 0) is 18.9 Å². The van der Waals surface area contributed by atoms with Crippen LogP contribution >= 0.6 is 0 Å². The standard InChI is InChI=1S/C20H21N3O5/c1-22(2)17-11-10-15(23(26)27)12-16(17)20(25)28-18(13-6-4-3-5-7-13)19(24)21-14-8-9-14/h3-7,10-12,14,18H,8-9H2,1-2H3,(H,21,24)/t18-/m1/s1. The van der Waals surface area contributed by atoms with Crippen LogP contribution in [0.2, 0.25) is 0 Å². The van der Waals surface area contributed by atoms with Gasteiger partial charge in [-0.25, -0.2) is 4.79 Å². The smallest absolute Gasteiger partial charge is 0.341 e. The van der Waals surface area contributed by atoms with Gasteiger partial charge in [0, 0.05) is 37.8 Å². The minimum absolute atomic E-state index is 0.0272. The fraction of sp³-hybridized carbons (Fsp3) is 0.300. The van der Waals surface area contributed by atoms with Crippen LogP contribution in [-0.2, 0) is 9.53 Å². The summed E-state index contributed by atoms with van der Waals surface area (Å²) in [6, 6.07) is 12.8. The molecule has 0 unspecified atom stereocenters. The summed E-state index contributed by atoms with van der Waals surface area (Å²) < 4.78 is 5.54. The summed E-state index contributed by atoms with van der Waals surface area (Å²) >= 11 is 0. The Morgan fingerprint density at radius 3 is 2.43 bits per heavy atom. The zero-order chi connectivity index (χ0) is 20.3. The summed E-state index contributed by atoms with van der Waals surface area (Å²) in [5, 5.41) is 14.0. The van der Waals surface area contributed by atoms with Crippen molar-refractivity contribution in [2.75, 3.05) is 19.0 Å². The van der Waals surface area contributed by atoms with Gasteiger partial charge in [0.2, 0.25) is 6.10 Å². The molecular weight excluding hydrogens is 362 g/mol. The normalized spacial score (nSPS) is 14.1. The molecule has 2 aromatic carbocycles. The van der Waals surface area contributed by atoms with Crippen LogP contribution in [0.5, 0.6) is 0 Å². The van der Waals surface area contributed by atoms with Crippen molar-refractivity contribution in [1.82, 2.24) is 5.32 Å². The number of nitrogens with one attached hydrogen (secondary N) is 1. The number of hydrogen-bond donors (Lipinski definition) is 1. The van der Waals surface area contributed by atoms with Gasteiger partial charge in [0.1, 0.15) is 0 Å². The van der Waals surface area contributed by atoms with Gasteiger partial charge in [0.15, 0.2) is 0 Å². The molecule has 1 N–H and O–H groups in total. The third-order valence-electron chi connectivity index (χ3n) is 4.38. The van der Waals surface area contributed by atoms with E-state index in [4.69, 9.17) is 4.74 Å². The molecule has 1 aliphatic carbocycles. The molecule has 1 atom stereocenters. The number of nitro benzene ring substituents is 1. The van der Waals surface area contributed by atoms with Crippen LogP contribution in [0.1, 0.15) is 34.9 Å². The average Bonchev–Trinajstić information content (AvgIpc) is 3.49. The number of non-ortho nitro benzene ring substituents is 1. The second kappa shape index (κ2) is 8.08. The minimum atomic E-state index is -1.14. The van der Waals surface area contributed by atoms with Gasteiger partial charge in [0.25, 0.3) is 11.6 Å². The quantitative estimate of drug-likeness (QED) is 0.448. The predicted octanol–water partition coefficient (Wildman–Crippen LogP) is 2.84. The molecule has 1 amide bonds. The number of carbonyl (C=O) groups excluding carboxylic acids is 2. The van der Waals surface area contributed by atoms with Crippen LogP contribution in [0.3, 0.4) is 0 Å². The molecule has 28 heavy (non-hydrogen) atoms. The van der Waals surface area contributed by atoms with Crippen LogP contribution in [-0.4, -0.2) is 36.9 Å². The molecule has 8 nitrogen and oxygen atoms in total. The average molecular weight is 383 g/mol. The van der Waals surface area contributed by atoms with Gasteiger partial charge in [-0.15, -0.1) is 0 Å². The van der Waals surface area contributed by atoms with Crippen molar-refractivity contribution in [2.24, 2.45) is 0 Å². The molecule has 1 saturated carbocycles. The summed E-state index contributed by atoms with van der Waals surface area (Å²) in [6.45, 7) is 0. The summed E-state index contributed by atoms with van der Waals surface area (Å²) in [6.07, 6.45) is 0.664. The first-order valence-corrected chi connectivity index (χ1v) is 8.89. The van der Waals surface area contributed by atoms with Crippen LogP contribution < -0.4 is 10.2 Å². The molecule has 1 aliphatic rings. The second-order valence-corrected chi connectivity index (χ2v) is 6.83. The van der Waals surface area contributed by atoms with Gasteiger partial charge < -0.3 is 15.0 Å². The fourth-order valence-corrected chi connectivity index (χ4v) is 2.77. The SMILES string of the molecule is CN(C)c1ccc([N+](=O)[O-])cc1C(=O)O[C@@H](C(=O)NC1CC1)c1ccccc1. The Hall–Kier alpha value is -3.42. The number of carbonyl (C=O) groups is 2. The summed E-state index contributed by atoms with van der Waals surface area (Å²) in [5.74, 6) is -1.20. The van der Waals surface area contributed by atoms with Crippen LogP contribution in [0.4, 0.5) is 11.4 Å². The Bertz CT molecular complexity index is 894. The number of nitrogens with zero attached hydrogens (tertiary/aromatic N) is 2.